The van der Waals surface area contributed by atoms with Gasteiger partial charge < -0.3 is 5.11 Å². The Morgan fingerprint density at radius 2 is 2.00 bits per heavy atom. The summed E-state index contributed by atoms with van der Waals surface area (Å²) in [6, 6.07) is 6.47. The predicted molar refractivity (Wildman–Crippen MR) is 62.1 cm³/mol. The summed E-state index contributed by atoms with van der Waals surface area (Å²) < 4.78 is 26.7. The first-order valence-electron chi connectivity index (χ1n) is 5.07. The highest BCUT2D eigenvalue weighted by molar-refractivity contribution is 7.91. The van der Waals surface area contributed by atoms with Crippen LogP contribution >= 0.6 is 0 Å². The van der Waals surface area contributed by atoms with Crippen LogP contribution in [-0.2, 0) is 21.4 Å². The third-order valence-corrected chi connectivity index (χ3v) is 4.01. The fourth-order valence-electron chi connectivity index (χ4n) is 1.70. The van der Waals surface area contributed by atoms with E-state index in [2.05, 4.69) is 4.72 Å². The molecule has 0 atom stereocenters. The van der Waals surface area contributed by atoms with Gasteiger partial charge in [0.25, 0.3) is 0 Å². The summed E-state index contributed by atoms with van der Waals surface area (Å²) in [5.74, 6) is -0.909. The first kappa shape index (κ1) is 11.9. The van der Waals surface area contributed by atoms with E-state index in [9.17, 15) is 13.2 Å². The van der Waals surface area contributed by atoms with E-state index in [1.54, 1.807) is 24.3 Å². The molecule has 1 aliphatic heterocycles. The SMILES string of the molecule is O=C(O)Cc1ccc(N2CCNS2(=O)=O)cc1. The summed E-state index contributed by atoms with van der Waals surface area (Å²) in [5.41, 5.74) is 1.19. The molecule has 0 unspecified atom stereocenters. The molecule has 0 aromatic heterocycles. The molecular weight excluding hydrogens is 244 g/mol. The van der Waals surface area contributed by atoms with E-state index in [-0.39, 0.29) is 6.42 Å². The lowest BCUT2D eigenvalue weighted by Gasteiger charge is -2.15. The molecule has 1 fully saturated rings. The minimum atomic E-state index is -3.41. The number of aliphatic carboxylic acids is 1. The summed E-state index contributed by atoms with van der Waals surface area (Å²) in [6.07, 6.45) is -0.0642. The van der Waals surface area contributed by atoms with Crippen molar-refractivity contribution in [2.45, 2.75) is 6.42 Å². The number of nitrogens with zero attached hydrogens (tertiary/aromatic N) is 1. The second-order valence-corrected chi connectivity index (χ2v) is 5.39. The van der Waals surface area contributed by atoms with Gasteiger partial charge in [-0.15, -0.1) is 0 Å². The molecule has 1 aliphatic rings. The van der Waals surface area contributed by atoms with Crippen molar-refractivity contribution in [2.75, 3.05) is 17.4 Å². The molecule has 1 aromatic rings. The van der Waals surface area contributed by atoms with Crippen LogP contribution < -0.4 is 9.03 Å². The third kappa shape index (κ3) is 2.56. The molecule has 92 valence electrons. The maximum absolute atomic E-state index is 11.5. The van der Waals surface area contributed by atoms with E-state index < -0.39 is 16.2 Å². The second-order valence-electron chi connectivity index (χ2n) is 3.71. The molecule has 0 saturated carbocycles. The van der Waals surface area contributed by atoms with E-state index >= 15 is 0 Å². The molecule has 6 nitrogen and oxygen atoms in total. The van der Waals surface area contributed by atoms with Gasteiger partial charge in [0.15, 0.2) is 0 Å². The van der Waals surface area contributed by atoms with Crippen molar-refractivity contribution in [1.82, 2.24) is 4.72 Å². The maximum Gasteiger partial charge on any atom is 0.307 e. The summed E-state index contributed by atoms with van der Waals surface area (Å²) >= 11 is 0. The average molecular weight is 256 g/mol. The van der Waals surface area contributed by atoms with E-state index in [1.165, 1.54) is 4.31 Å². The first-order chi connectivity index (χ1) is 7.99. The van der Waals surface area contributed by atoms with Gasteiger partial charge in [0.1, 0.15) is 0 Å². The van der Waals surface area contributed by atoms with Crippen LogP contribution in [0.5, 0.6) is 0 Å². The van der Waals surface area contributed by atoms with Gasteiger partial charge in [-0.25, -0.2) is 0 Å². The fraction of sp³-hybridized carbons (Fsp3) is 0.300. The van der Waals surface area contributed by atoms with Crippen LogP contribution in [-0.4, -0.2) is 32.6 Å². The van der Waals surface area contributed by atoms with Gasteiger partial charge in [0.2, 0.25) is 0 Å². The first-order valence-corrected chi connectivity index (χ1v) is 6.51. The zero-order valence-corrected chi connectivity index (χ0v) is 9.77. The highest BCUT2D eigenvalue weighted by atomic mass is 32.2. The van der Waals surface area contributed by atoms with Gasteiger partial charge in [0, 0.05) is 13.1 Å². The van der Waals surface area contributed by atoms with E-state index in [4.69, 9.17) is 5.11 Å². The smallest absolute Gasteiger partial charge is 0.307 e. The average Bonchev–Trinajstić information content (AvgIpc) is 2.58. The van der Waals surface area contributed by atoms with Crippen molar-refractivity contribution in [1.29, 1.82) is 0 Å². The molecule has 0 radical (unpaired) electrons. The topological polar surface area (TPSA) is 86.7 Å². The van der Waals surface area contributed by atoms with Crippen LogP contribution in [0.4, 0.5) is 5.69 Å². The number of carboxylic acid groups (broad SMARTS) is 1. The number of anilines is 1. The minimum absolute atomic E-state index is 0.0642. The summed E-state index contributed by atoms with van der Waals surface area (Å²) in [6.45, 7) is 0.778. The largest absolute Gasteiger partial charge is 0.481 e. The van der Waals surface area contributed by atoms with Crippen LogP contribution in [0.15, 0.2) is 24.3 Å². The molecule has 0 aliphatic carbocycles. The van der Waals surface area contributed by atoms with Crippen LogP contribution in [0.25, 0.3) is 0 Å². The number of carboxylic acids is 1. The number of nitrogens with one attached hydrogen (secondary N) is 1. The van der Waals surface area contributed by atoms with Crippen LogP contribution in [0.1, 0.15) is 5.56 Å². The van der Waals surface area contributed by atoms with Crippen LogP contribution in [0.3, 0.4) is 0 Å². The van der Waals surface area contributed by atoms with Crippen molar-refractivity contribution in [3.8, 4) is 0 Å². The molecule has 0 spiro atoms. The molecule has 17 heavy (non-hydrogen) atoms. The van der Waals surface area contributed by atoms with Crippen molar-refractivity contribution < 1.29 is 18.3 Å². The molecule has 0 amide bonds. The Hall–Kier alpha value is -1.60. The summed E-state index contributed by atoms with van der Waals surface area (Å²) in [7, 11) is -3.41. The van der Waals surface area contributed by atoms with Gasteiger partial charge in [-0.3, -0.25) is 9.10 Å². The number of hydrogen-bond acceptors (Lipinski definition) is 3. The minimum Gasteiger partial charge on any atom is -0.481 e. The lowest BCUT2D eigenvalue weighted by atomic mass is 10.1. The molecule has 1 saturated heterocycles. The Labute approximate surface area is 99.0 Å². The van der Waals surface area contributed by atoms with Crippen molar-refractivity contribution in [3.63, 3.8) is 0 Å². The lowest BCUT2D eigenvalue weighted by molar-refractivity contribution is -0.136. The van der Waals surface area contributed by atoms with Gasteiger partial charge in [-0.05, 0) is 17.7 Å². The highest BCUT2D eigenvalue weighted by Crippen LogP contribution is 2.20. The molecule has 2 rings (SSSR count). The normalized spacial score (nSPS) is 18.2. The van der Waals surface area contributed by atoms with Crippen LogP contribution in [0, 0.1) is 0 Å². The number of hydrogen-bond donors (Lipinski definition) is 2. The number of carbonyl (C=O) groups is 1. The van der Waals surface area contributed by atoms with Gasteiger partial charge in [-0.2, -0.15) is 13.1 Å². The van der Waals surface area contributed by atoms with Gasteiger partial charge >= 0.3 is 16.2 Å². The number of benzene rings is 1. The molecule has 7 heteroatoms. The zero-order valence-electron chi connectivity index (χ0n) is 8.96. The van der Waals surface area contributed by atoms with Crippen molar-refractivity contribution >= 4 is 21.9 Å². The van der Waals surface area contributed by atoms with Gasteiger partial charge in [0.05, 0.1) is 12.1 Å². The maximum atomic E-state index is 11.5. The highest BCUT2D eigenvalue weighted by Gasteiger charge is 2.27. The Bertz CT molecular complexity index is 524. The standard InChI is InChI=1S/C10H12N2O4S/c13-10(14)7-8-1-3-9(4-2-8)12-6-5-11-17(12,15)16/h1-4,11H,5-7H2,(H,13,14). The molecule has 0 bridgehead atoms. The zero-order chi connectivity index (χ0) is 12.5. The number of rotatable bonds is 3. The summed E-state index contributed by atoms with van der Waals surface area (Å²) in [4.78, 5) is 10.5. The fourth-order valence-corrected chi connectivity index (χ4v) is 2.93. The monoisotopic (exact) mass is 256 g/mol. The van der Waals surface area contributed by atoms with Crippen molar-refractivity contribution in [3.05, 3.63) is 29.8 Å². The Morgan fingerprint density at radius 1 is 1.35 bits per heavy atom. The molecule has 1 heterocycles. The van der Waals surface area contributed by atoms with E-state index in [0.29, 0.717) is 24.3 Å². The molecule has 2 N–H and O–H groups in total. The quantitative estimate of drug-likeness (QED) is 0.795. The molecule has 1 aromatic carbocycles. The lowest BCUT2D eigenvalue weighted by Crippen LogP contribution is -2.29. The van der Waals surface area contributed by atoms with Crippen LogP contribution in [0.2, 0.25) is 0 Å². The van der Waals surface area contributed by atoms with E-state index in [0.717, 1.165) is 0 Å². The summed E-state index contributed by atoms with van der Waals surface area (Å²) in [5, 5.41) is 8.61. The van der Waals surface area contributed by atoms with E-state index in [1.807, 2.05) is 0 Å². The Morgan fingerprint density at radius 3 is 2.47 bits per heavy atom. The Kier molecular flexibility index (Phi) is 3.03. The van der Waals surface area contributed by atoms with Gasteiger partial charge in [-0.1, -0.05) is 12.1 Å². The second kappa shape index (κ2) is 4.34. The predicted octanol–water partition coefficient (Wildman–Crippen LogP) is -0.0319. The third-order valence-electron chi connectivity index (χ3n) is 2.47. The molecular formula is C10H12N2O4S. The van der Waals surface area contributed by atoms with Crippen molar-refractivity contribution in [2.24, 2.45) is 0 Å². The Balaban J connectivity index is 2.21.